The molecule has 0 aliphatic carbocycles. The quantitative estimate of drug-likeness (QED) is 0.722. The van der Waals surface area contributed by atoms with Gasteiger partial charge in [-0.1, -0.05) is 17.7 Å². The van der Waals surface area contributed by atoms with Gasteiger partial charge in [0.2, 0.25) is 6.29 Å². The van der Waals surface area contributed by atoms with Gasteiger partial charge in [-0.2, -0.15) is 0 Å². The van der Waals surface area contributed by atoms with Gasteiger partial charge in [0.15, 0.2) is 11.5 Å². The highest BCUT2D eigenvalue weighted by Gasteiger charge is 2.21. The molecule has 94 valence electrons. The third-order valence-electron chi connectivity index (χ3n) is 2.13. The Labute approximate surface area is 119 Å². The Hall–Kier alpha value is -1.26. The van der Waals surface area contributed by atoms with Gasteiger partial charge in [-0.25, -0.2) is 0 Å². The van der Waals surface area contributed by atoms with E-state index in [4.69, 9.17) is 21.1 Å². The van der Waals surface area contributed by atoms with Crippen molar-refractivity contribution >= 4 is 27.5 Å². The first-order chi connectivity index (χ1) is 8.66. The van der Waals surface area contributed by atoms with Gasteiger partial charge in [-0.3, -0.25) is 4.98 Å². The first-order valence-electron chi connectivity index (χ1n) is 5.34. The molecule has 0 fully saturated rings. The summed E-state index contributed by atoms with van der Waals surface area (Å²) in [5.74, 6) is 1.62. The summed E-state index contributed by atoms with van der Waals surface area (Å²) in [4.78, 5) is 3.75. The zero-order valence-electron chi connectivity index (χ0n) is 9.64. The first-order valence-corrected chi connectivity index (χ1v) is 6.51. The molecule has 0 saturated heterocycles. The predicted octanol–water partition coefficient (Wildman–Crippen LogP) is 4.30. The van der Waals surface area contributed by atoms with Crippen LogP contribution in [0.1, 0.15) is 6.92 Å². The highest BCUT2D eigenvalue weighted by Crippen LogP contribution is 2.40. The zero-order chi connectivity index (χ0) is 13.0. The van der Waals surface area contributed by atoms with Crippen LogP contribution in [0.2, 0.25) is 5.02 Å². The summed E-state index contributed by atoms with van der Waals surface area (Å²) < 4.78 is 11.6. The van der Waals surface area contributed by atoms with Crippen molar-refractivity contribution in [3.05, 3.63) is 52.2 Å². The van der Waals surface area contributed by atoms with Gasteiger partial charge in [-0.15, -0.1) is 0 Å². The van der Waals surface area contributed by atoms with Crippen molar-refractivity contribution in [1.82, 2.24) is 4.98 Å². The number of para-hydroxylation sites is 1. The van der Waals surface area contributed by atoms with Crippen molar-refractivity contribution < 1.29 is 9.47 Å². The Balaban J connectivity index is 0.000000149. The molecule has 0 N–H and O–H groups in total. The maximum atomic E-state index is 5.48. The molecule has 3 nitrogen and oxygen atoms in total. The summed E-state index contributed by atoms with van der Waals surface area (Å²) in [5, 5.41) is 0.683. The third-order valence-corrected chi connectivity index (χ3v) is 2.98. The molecule has 1 aromatic heterocycles. The standard InChI is InChI=1S/C8H7BrO2.C5H4ClN/c1-5-10-7-4-2-3-6(9)8(7)11-5;6-5-2-1-3-7-4-5/h2-5H,1H3;1-4H. The van der Waals surface area contributed by atoms with Crippen molar-refractivity contribution in [2.24, 2.45) is 0 Å². The number of hydrogen-bond donors (Lipinski definition) is 0. The van der Waals surface area contributed by atoms with Gasteiger partial charge < -0.3 is 9.47 Å². The predicted molar refractivity (Wildman–Crippen MR) is 74.1 cm³/mol. The van der Waals surface area contributed by atoms with Crippen molar-refractivity contribution in [3.63, 3.8) is 0 Å². The Kier molecular flexibility index (Phi) is 4.44. The number of pyridine rings is 1. The smallest absolute Gasteiger partial charge is 0.238 e. The fourth-order valence-electron chi connectivity index (χ4n) is 1.41. The van der Waals surface area contributed by atoms with E-state index in [0.29, 0.717) is 5.02 Å². The van der Waals surface area contributed by atoms with E-state index in [1.165, 1.54) is 0 Å². The minimum absolute atomic E-state index is 0.163. The largest absolute Gasteiger partial charge is 0.451 e. The number of nitrogens with zero attached hydrogens (tertiary/aromatic N) is 1. The molecule has 1 atom stereocenters. The molecule has 1 aliphatic rings. The monoisotopic (exact) mass is 327 g/mol. The lowest BCUT2D eigenvalue weighted by Gasteiger charge is -2.00. The van der Waals surface area contributed by atoms with E-state index in [1.807, 2.05) is 25.1 Å². The molecule has 0 amide bonds. The number of ether oxygens (including phenoxy) is 2. The summed E-state index contributed by atoms with van der Waals surface area (Å²) in [5.41, 5.74) is 0. The Bertz CT molecular complexity index is 522. The number of fused-ring (bicyclic) bond motifs is 1. The molecular formula is C13H11BrClNO2. The molecule has 1 aliphatic heterocycles. The van der Waals surface area contributed by atoms with Crippen LogP contribution in [-0.2, 0) is 0 Å². The third kappa shape index (κ3) is 3.37. The van der Waals surface area contributed by atoms with Crippen LogP contribution in [0.25, 0.3) is 0 Å². The molecular weight excluding hydrogens is 318 g/mol. The lowest BCUT2D eigenvalue weighted by atomic mass is 10.3. The summed E-state index contributed by atoms with van der Waals surface area (Å²) in [7, 11) is 0. The fraction of sp³-hybridized carbons (Fsp3) is 0.154. The van der Waals surface area contributed by atoms with Crippen LogP contribution in [0.5, 0.6) is 11.5 Å². The van der Waals surface area contributed by atoms with Gasteiger partial charge >= 0.3 is 0 Å². The molecule has 1 unspecified atom stereocenters. The normalized spacial score (nSPS) is 15.8. The number of benzene rings is 1. The second-order valence-corrected chi connectivity index (χ2v) is 4.83. The first kappa shape index (κ1) is 13.2. The van der Waals surface area contributed by atoms with Gasteiger partial charge in [0.05, 0.1) is 9.50 Å². The van der Waals surface area contributed by atoms with Crippen LogP contribution in [0.15, 0.2) is 47.2 Å². The Morgan fingerprint density at radius 3 is 2.61 bits per heavy atom. The average Bonchev–Trinajstić information content (AvgIpc) is 2.73. The van der Waals surface area contributed by atoms with E-state index in [0.717, 1.165) is 16.0 Å². The van der Waals surface area contributed by atoms with Crippen LogP contribution in [0.3, 0.4) is 0 Å². The van der Waals surface area contributed by atoms with Crippen LogP contribution < -0.4 is 9.47 Å². The van der Waals surface area contributed by atoms with E-state index in [1.54, 1.807) is 24.5 Å². The molecule has 2 aromatic rings. The second-order valence-electron chi connectivity index (χ2n) is 3.54. The molecule has 5 heteroatoms. The van der Waals surface area contributed by atoms with E-state index >= 15 is 0 Å². The molecule has 0 spiro atoms. The molecule has 2 heterocycles. The lowest BCUT2D eigenvalue weighted by Crippen LogP contribution is -2.11. The summed E-state index contributed by atoms with van der Waals surface area (Å²) >= 11 is 8.85. The number of rotatable bonds is 0. The van der Waals surface area contributed by atoms with Crippen LogP contribution in [-0.4, -0.2) is 11.3 Å². The van der Waals surface area contributed by atoms with Crippen LogP contribution >= 0.6 is 27.5 Å². The molecule has 1 aromatic carbocycles. The molecule has 0 radical (unpaired) electrons. The molecule has 3 rings (SSSR count). The molecule has 0 saturated carbocycles. The van der Waals surface area contributed by atoms with E-state index in [-0.39, 0.29) is 6.29 Å². The minimum Gasteiger partial charge on any atom is -0.451 e. The van der Waals surface area contributed by atoms with E-state index < -0.39 is 0 Å². The molecule has 0 bridgehead atoms. The molecule has 18 heavy (non-hydrogen) atoms. The highest BCUT2D eigenvalue weighted by molar-refractivity contribution is 9.10. The number of halogens is 2. The summed E-state index contributed by atoms with van der Waals surface area (Å²) in [6.45, 7) is 1.87. The Morgan fingerprint density at radius 1 is 1.22 bits per heavy atom. The van der Waals surface area contributed by atoms with Crippen molar-refractivity contribution in [2.75, 3.05) is 0 Å². The topological polar surface area (TPSA) is 31.4 Å². The van der Waals surface area contributed by atoms with E-state index in [2.05, 4.69) is 20.9 Å². The number of hydrogen-bond acceptors (Lipinski definition) is 3. The van der Waals surface area contributed by atoms with Crippen LogP contribution in [0.4, 0.5) is 0 Å². The van der Waals surface area contributed by atoms with Crippen molar-refractivity contribution in [3.8, 4) is 11.5 Å². The Morgan fingerprint density at radius 2 is 2.06 bits per heavy atom. The fourth-order valence-corrected chi connectivity index (χ4v) is 1.98. The van der Waals surface area contributed by atoms with Crippen LogP contribution in [0, 0.1) is 0 Å². The summed E-state index contributed by atoms with van der Waals surface area (Å²) in [6, 6.07) is 9.32. The van der Waals surface area contributed by atoms with Gasteiger partial charge in [-0.05, 0) is 40.2 Å². The van der Waals surface area contributed by atoms with Gasteiger partial charge in [0.25, 0.3) is 0 Å². The minimum atomic E-state index is -0.163. The van der Waals surface area contributed by atoms with Crippen molar-refractivity contribution in [2.45, 2.75) is 13.2 Å². The van der Waals surface area contributed by atoms with Gasteiger partial charge in [0.1, 0.15) is 0 Å². The van der Waals surface area contributed by atoms with E-state index in [9.17, 15) is 0 Å². The number of aromatic nitrogens is 1. The SMILES string of the molecule is CC1Oc2cccc(Br)c2O1.Clc1cccnc1. The second kappa shape index (κ2) is 6.07. The lowest BCUT2D eigenvalue weighted by molar-refractivity contribution is 0.0675. The highest BCUT2D eigenvalue weighted by atomic mass is 79.9. The maximum absolute atomic E-state index is 5.48. The summed E-state index contributed by atoms with van der Waals surface area (Å²) in [6.07, 6.45) is 3.12. The van der Waals surface area contributed by atoms with Gasteiger partial charge in [0, 0.05) is 19.3 Å². The average molecular weight is 329 g/mol. The zero-order valence-corrected chi connectivity index (χ0v) is 12.0. The maximum Gasteiger partial charge on any atom is 0.238 e. The van der Waals surface area contributed by atoms with Crippen molar-refractivity contribution in [1.29, 1.82) is 0 Å².